The molecule has 0 unspecified atom stereocenters. The Morgan fingerprint density at radius 3 is 2.08 bits per heavy atom. The fraction of sp³-hybridized carbons (Fsp3) is 0.500. The van der Waals surface area contributed by atoms with Crippen LogP contribution in [0.4, 0.5) is 13.2 Å². The van der Waals surface area contributed by atoms with Crippen molar-refractivity contribution in [2.24, 2.45) is 0 Å². The van der Waals surface area contributed by atoms with Crippen molar-refractivity contribution < 1.29 is 34.7 Å². The fourth-order valence-electron chi connectivity index (χ4n) is 4.49. The van der Waals surface area contributed by atoms with Gasteiger partial charge in [-0.05, 0) is 61.6 Å². The molecule has 1 saturated heterocycles. The molecule has 0 atom stereocenters. The summed E-state index contributed by atoms with van der Waals surface area (Å²) in [7, 11) is -7.30. The monoisotopic (exact) mass is 546 g/mol. The standard InChI is InChI=1S/C24H29F3N2O5S2/c1-35(30,31)28-15-13-21(14-16-28)34-20-9-11-22(12-10-20)36(32,33)29(19-6-4-7-19)17-18-5-2-3-8-23(18)24(25,26)27/h2-3,5,8-12,19,21H,4,6-7,13-17H2,1H3. The van der Waals surface area contributed by atoms with E-state index in [4.69, 9.17) is 4.74 Å². The Balaban J connectivity index is 1.50. The second-order valence-electron chi connectivity index (χ2n) is 9.24. The van der Waals surface area contributed by atoms with Crippen LogP contribution in [0.15, 0.2) is 53.4 Å². The lowest BCUT2D eigenvalue weighted by Crippen LogP contribution is -2.43. The molecule has 198 valence electrons. The second kappa shape index (κ2) is 10.3. The van der Waals surface area contributed by atoms with Gasteiger partial charge in [-0.2, -0.15) is 17.5 Å². The fourth-order valence-corrected chi connectivity index (χ4v) is 7.02. The molecular formula is C24H29F3N2O5S2. The van der Waals surface area contributed by atoms with Gasteiger partial charge in [-0.1, -0.05) is 24.6 Å². The third kappa shape index (κ3) is 6.04. The number of sulfonamides is 2. The zero-order chi connectivity index (χ0) is 26.1. The zero-order valence-electron chi connectivity index (χ0n) is 19.8. The highest BCUT2D eigenvalue weighted by Gasteiger charge is 2.38. The average molecular weight is 547 g/mol. The molecule has 1 saturated carbocycles. The first kappa shape index (κ1) is 26.9. The van der Waals surface area contributed by atoms with Crippen LogP contribution >= 0.6 is 0 Å². The minimum atomic E-state index is -4.58. The van der Waals surface area contributed by atoms with Crippen molar-refractivity contribution in [3.8, 4) is 5.75 Å². The quantitative estimate of drug-likeness (QED) is 0.494. The van der Waals surface area contributed by atoms with Gasteiger partial charge in [0.2, 0.25) is 20.0 Å². The smallest absolute Gasteiger partial charge is 0.416 e. The lowest BCUT2D eigenvalue weighted by molar-refractivity contribution is -0.138. The third-order valence-electron chi connectivity index (χ3n) is 6.73. The number of hydrogen-bond donors (Lipinski definition) is 0. The van der Waals surface area contributed by atoms with Crippen molar-refractivity contribution in [3.05, 3.63) is 59.7 Å². The van der Waals surface area contributed by atoms with E-state index in [9.17, 15) is 30.0 Å². The summed E-state index contributed by atoms with van der Waals surface area (Å²) in [5, 5.41) is 0. The van der Waals surface area contributed by atoms with Crippen LogP contribution in [0.3, 0.4) is 0 Å². The van der Waals surface area contributed by atoms with Crippen LogP contribution in [-0.2, 0) is 32.8 Å². The van der Waals surface area contributed by atoms with Crippen LogP contribution < -0.4 is 4.74 Å². The highest BCUT2D eigenvalue weighted by molar-refractivity contribution is 7.89. The van der Waals surface area contributed by atoms with Gasteiger partial charge in [-0.15, -0.1) is 0 Å². The lowest BCUT2D eigenvalue weighted by Gasteiger charge is -2.37. The summed E-state index contributed by atoms with van der Waals surface area (Å²) in [6.45, 7) is 0.345. The highest BCUT2D eigenvalue weighted by atomic mass is 32.2. The molecule has 4 rings (SSSR count). The second-order valence-corrected chi connectivity index (χ2v) is 13.1. The molecule has 1 aliphatic heterocycles. The van der Waals surface area contributed by atoms with E-state index < -0.39 is 31.8 Å². The Hall–Kier alpha value is -2.15. The highest BCUT2D eigenvalue weighted by Crippen LogP contribution is 2.36. The van der Waals surface area contributed by atoms with Crippen molar-refractivity contribution in [2.75, 3.05) is 19.3 Å². The van der Waals surface area contributed by atoms with E-state index in [1.165, 1.54) is 57.3 Å². The molecule has 2 aromatic carbocycles. The van der Waals surface area contributed by atoms with Gasteiger partial charge in [0.25, 0.3) is 0 Å². The van der Waals surface area contributed by atoms with E-state index in [2.05, 4.69) is 0 Å². The van der Waals surface area contributed by atoms with E-state index in [1.807, 2.05) is 0 Å². The number of piperidine rings is 1. The summed E-state index contributed by atoms with van der Waals surface area (Å²) in [5.74, 6) is 0.448. The molecule has 36 heavy (non-hydrogen) atoms. The molecule has 0 bridgehead atoms. The van der Waals surface area contributed by atoms with Gasteiger partial charge in [-0.3, -0.25) is 0 Å². The molecule has 7 nitrogen and oxygen atoms in total. The Bertz CT molecular complexity index is 1270. The number of ether oxygens (including phenoxy) is 1. The Kier molecular flexibility index (Phi) is 7.70. The molecule has 2 fully saturated rings. The number of hydrogen-bond acceptors (Lipinski definition) is 5. The maximum absolute atomic E-state index is 13.5. The van der Waals surface area contributed by atoms with Crippen LogP contribution in [0.2, 0.25) is 0 Å². The predicted molar refractivity (Wildman–Crippen MR) is 128 cm³/mol. The van der Waals surface area contributed by atoms with Gasteiger partial charge < -0.3 is 4.74 Å². The van der Waals surface area contributed by atoms with Crippen LogP contribution in [0.1, 0.15) is 43.2 Å². The van der Waals surface area contributed by atoms with Gasteiger partial charge in [0.1, 0.15) is 11.9 Å². The maximum Gasteiger partial charge on any atom is 0.416 e. The van der Waals surface area contributed by atoms with Crippen LogP contribution in [0.25, 0.3) is 0 Å². The topological polar surface area (TPSA) is 84.0 Å². The summed E-state index contributed by atoms with van der Waals surface area (Å²) in [6.07, 6.45) is -0.563. The van der Waals surface area contributed by atoms with Crippen LogP contribution in [0, 0.1) is 0 Å². The van der Waals surface area contributed by atoms with Crippen molar-refractivity contribution in [3.63, 3.8) is 0 Å². The Morgan fingerprint density at radius 2 is 1.56 bits per heavy atom. The first-order chi connectivity index (χ1) is 16.9. The molecule has 0 N–H and O–H groups in total. The van der Waals surface area contributed by atoms with E-state index in [0.29, 0.717) is 44.5 Å². The summed E-state index contributed by atoms with van der Waals surface area (Å²) < 4.78 is 99.4. The minimum Gasteiger partial charge on any atom is -0.490 e. The average Bonchev–Trinajstić information content (AvgIpc) is 2.77. The molecule has 2 aliphatic rings. The first-order valence-electron chi connectivity index (χ1n) is 11.7. The van der Waals surface area contributed by atoms with Crippen molar-refractivity contribution in [1.29, 1.82) is 0 Å². The number of halogens is 3. The molecule has 2 aromatic rings. The number of alkyl halides is 3. The number of nitrogens with zero attached hydrogens (tertiary/aromatic N) is 2. The van der Waals surface area contributed by atoms with Gasteiger partial charge in [-0.25, -0.2) is 21.1 Å². The van der Waals surface area contributed by atoms with Gasteiger partial charge in [0.05, 0.1) is 16.7 Å². The lowest BCUT2D eigenvalue weighted by atomic mass is 9.92. The molecular weight excluding hydrogens is 517 g/mol. The van der Waals surface area contributed by atoms with Crippen LogP contribution in [-0.4, -0.2) is 56.9 Å². The summed E-state index contributed by atoms with van der Waals surface area (Å²) >= 11 is 0. The number of rotatable bonds is 8. The molecule has 1 aliphatic carbocycles. The maximum atomic E-state index is 13.5. The Morgan fingerprint density at radius 1 is 0.944 bits per heavy atom. The Labute approximate surface area is 210 Å². The van der Waals surface area contributed by atoms with Crippen molar-refractivity contribution >= 4 is 20.0 Å². The van der Waals surface area contributed by atoms with E-state index in [0.717, 1.165) is 12.5 Å². The molecule has 0 amide bonds. The van der Waals surface area contributed by atoms with Crippen LogP contribution in [0.5, 0.6) is 5.75 Å². The zero-order valence-corrected chi connectivity index (χ0v) is 21.4. The normalized spacial score (nSPS) is 18.8. The largest absolute Gasteiger partial charge is 0.490 e. The van der Waals surface area contributed by atoms with Crippen molar-refractivity contribution in [1.82, 2.24) is 8.61 Å². The van der Waals surface area contributed by atoms with Gasteiger partial charge >= 0.3 is 6.18 Å². The van der Waals surface area contributed by atoms with E-state index in [-0.39, 0.29) is 29.1 Å². The van der Waals surface area contributed by atoms with E-state index in [1.54, 1.807) is 0 Å². The van der Waals surface area contributed by atoms with Gasteiger partial charge in [0, 0.05) is 25.7 Å². The van der Waals surface area contributed by atoms with E-state index >= 15 is 0 Å². The first-order valence-corrected chi connectivity index (χ1v) is 15.0. The third-order valence-corrected chi connectivity index (χ3v) is 9.95. The predicted octanol–water partition coefficient (Wildman–Crippen LogP) is 4.25. The summed E-state index contributed by atoms with van der Waals surface area (Å²) in [5.41, 5.74) is -0.920. The molecule has 12 heteroatoms. The number of benzene rings is 2. The summed E-state index contributed by atoms with van der Waals surface area (Å²) in [4.78, 5) is -0.0156. The van der Waals surface area contributed by atoms with Gasteiger partial charge in [0.15, 0.2) is 0 Å². The SMILES string of the molecule is CS(=O)(=O)N1CCC(Oc2ccc(S(=O)(=O)N(Cc3ccccc3C(F)(F)F)C3CCC3)cc2)CC1. The molecule has 0 spiro atoms. The molecule has 0 radical (unpaired) electrons. The molecule has 0 aromatic heterocycles. The minimum absolute atomic E-state index is 0.0156. The van der Waals surface area contributed by atoms with Crippen molar-refractivity contribution in [2.45, 2.75) is 61.9 Å². The summed E-state index contributed by atoms with van der Waals surface area (Å²) in [6, 6.07) is 10.5. The molecule has 1 heterocycles.